The van der Waals surface area contributed by atoms with E-state index in [1.165, 1.54) is 12.1 Å². The minimum absolute atomic E-state index is 0.0740. The highest BCUT2D eigenvalue weighted by Gasteiger charge is 2.32. The summed E-state index contributed by atoms with van der Waals surface area (Å²) in [5.74, 6) is 0.483. The Bertz CT molecular complexity index is 2020. The highest BCUT2D eigenvalue weighted by atomic mass is 32.2. The second-order valence-corrected chi connectivity index (χ2v) is 17.3. The van der Waals surface area contributed by atoms with Crippen LogP contribution >= 0.6 is 0 Å². The molecule has 2 aliphatic rings. The molecule has 0 aliphatic carbocycles. The number of amides is 1. The molecule has 52 heavy (non-hydrogen) atoms. The number of nitrogens with one attached hydrogen (secondary N) is 1. The van der Waals surface area contributed by atoms with E-state index in [2.05, 4.69) is 50.4 Å². The van der Waals surface area contributed by atoms with Crippen LogP contribution in [0.3, 0.4) is 0 Å². The molecule has 2 aromatic carbocycles. The summed E-state index contributed by atoms with van der Waals surface area (Å²) in [5.41, 5.74) is 5.90. The van der Waals surface area contributed by atoms with Gasteiger partial charge >= 0.3 is 0 Å². The Morgan fingerprint density at radius 3 is 2.44 bits per heavy atom. The average molecular weight is 727 g/mol. The maximum Gasteiger partial charge on any atom is 0.264 e. The zero-order valence-electron chi connectivity index (χ0n) is 31.3. The largest absolute Gasteiger partial charge is 0.475 e. The van der Waals surface area contributed by atoms with Crippen molar-refractivity contribution in [3.63, 3.8) is 0 Å². The fraction of sp³-hybridized carbons (Fsp3) is 0.475. The summed E-state index contributed by atoms with van der Waals surface area (Å²) in [7, 11) is -4.20. The molecule has 2 aliphatic heterocycles. The quantitative estimate of drug-likeness (QED) is 0.208. The lowest BCUT2D eigenvalue weighted by atomic mass is 9.87. The molecule has 1 N–H and O–H groups in total. The third-order valence-corrected chi connectivity index (χ3v) is 10.9. The van der Waals surface area contributed by atoms with Crippen molar-refractivity contribution >= 4 is 21.9 Å². The number of anilines is 1. The van der Waals surface area contributed by atoms with Crippen LogP contribution in [-0.4, -0.2) is 65.0 Å². The van der Waals surface area contributed by atoms with E-state index in [1.807, 2.05) is 26.0 Å². The maximum absolute atomic E-state index is 14.6. The number of aryl methyl sites for hydroxylation is 1. The summed E-state index contributed by atoms with van der Waals surface area (Å²) in [4.78, 5) is 35.2. The van der Waals surface area contributed by atoms with Crippen molar-refractivity contribution in [2.45, 2.75) is 97.5 Å². The van der Waals surface area contributed by atoms with Crippen molar-refractivity contribution in [1.29, 1.82) is 0 Å². The molecule has 4 aromatic rings. The molecule has 4 bridgehead atoms. The van der Waals surface area contributed by atoms with Gasteiger partial charge in [0, 0.05) is 42.0 Å². The molecule has 0 unspecified atom stereocenters. The van der Waals surface area contributed by atoms with Gasteiger partial charge < -0.3 is 14.4 Å². The van der Waals surface area contributed by atoms with Gasteiger partial charge in [0.05, 0.1) is 40.8 Å². The molecular formula is C40H50N6O5S. The number of nitrogens with zero attached hydrogens (tertiary/aromatic N) is 5. The molecule has 1 saturated heterocycles. The van der Waals surface area contributed by atoms with Gasteiger partial charge in [-0.15, -0.1) is 0 Å². The van der Waals surface area contributed by atoms with Crippen LogP contribution in [0.15, 0.2) is 59.8 Å². The van der Waals surface area contributed by atoms with Gasteiger partial charge in [0.25, 0.3) is 15.9 Å². The van der Waals surface area contributed by atoms with Crippen molar-refractivity contribution in [2.24, 2.45) is 11.3 Å². The first-order valence-corrected chi connectivity index (χ1v) is 19.6. The SMILES string of the molecule is Cc1cccc(CC(C)C)c1-c1nc2nc(c1C)OC[C@@H](CC(C)(C)C)N(Cc1cnc(C3CCOCC3)cn1)C(=O)c1cccc(c1)S(=O)(=O)N2. The van der Waals surface area contributed by atoms with Gasteiger partial charge in [0.2, 0.25) is 11.8 Å². The Kier molecular flexibility index (Phi) is 11.0. The van der Waals surface area contributed by atoms with Gasteiger partial charge in [-0.1, -0.05) is 58.9 Å². The summed E-state index contributed by atoms with van der Waals surface area (Å²) in [5, 5.41) is 0. The average Bonchev–Trinajstić information content (AvgIpc) is 3.10. The van der Waals surface area contributed by atoms with Gasteiger partial charge in [0.1, 0.15) is 6.61 Å². The standard InChI is InChI=1S/C40H50N6O5S/c1-25(2)18-29-11-8-10-26(3)35(29)36-27(4)37-44-39(43-36)45-52(48,49)33-13-9-12-30(19-33)38(47)46(32(24-51-37)20-40(5,6)7)23-31-21-42-34(22-41-31)28-14-16-50-17-15-28/h8-13,19,21-22,25,28,32H,14-18,20,23-24H2,1-7H3,(H,43,44,45)/t32-/m1/s1. The molecule has 0 radical (unpaired) electrons. The highest BCUT2D eigenvalue weighted by molar-refractivity contribution is 7.92. The number of carbonyl (C=O) groups excluding carboxylic acids is 1. The predicted octanol–water partition coefficient (Wildman–Crippen LogP) is 7.28. The maximum atomic E-state index is 14.6. The first-order valence-electron chi connectivity index (χ1n) is 18.1. The second kappa shape index (κ2) is 15.3. The third-order valence-electron chi connectivity index (χ3n) is 9.60. The Labute approximate surface area is 307 Å². The summed E-state index contributed by atoms with van der Waals surface area (Å²) in [6, 6.07) is 11.8. The second-order valence-electron chi connectivity index (χ2n) is 15.6. The predicted molar refractivity (Wildman–Crippen MR) is 201 cm³/mol. The Morgan fingerprint density at radius 1 is 1.00 bits per heavy atom. The van der Waals surface area contributed by atoms with E-state index in [9.17, 15) is 13.2 Å². The molecule has 12 heteroatoms. The molecule has 276 valence electrons. The van der Waals surface area contributed by atoms with Crippen LogP contribution in [-0.2, 0) is 27.7 Å². The van der Waals surface area contributed by atoms with E-state index in [0.29, 0.717) is 42.5 Å². The first kappa shape index (κ1) is 37.3. The number of ether oxygens (including phenoxy) is 2. The molecule has 11 nitrogen and oxygen atoms in total. The fourth-order valence-corrected chi connectivity index (χ4v) is 8.07. The minimum atomic E-state index is -4.20. The fourth-order valence-electron chi connectivity index (χ4n) is 7.08. The van der Waals surface area contributed by atoms with Crippen LogP contribution in [0.2, 0.25) is 0 Å². The Balaban J connectivity index is 1.47. The zero-order chi connectivity index (χ0) is 37.2. The van der Waals surface area contributed by atoms with Crippen LogP contribution in [0.5, 0.6) is 5.88 Å². The number of sulfonamides is 1. The summed E-state index contributed by atoms with van der Waals surface area (Å²) in [6.07, 6.45) is 6.73. The number of hydrogen-bond donors (Lipinski definition) is 1. The van der Waals surface area contributed by atoms with E-state index in [-0.39, 0.29) is 52.7 Å². The molecule has 4 heterocycles. The topological polar surface area (TPSA) is 136 Å². The van der Waals surface area contributed by atoms with Crippen LogP contribution in [0.4, 0.5) is 5.95 Å². The molecule has 1 fully saturated rings. The van der Waals surface area contributed by atoms with Gasteiger partial charge in [0.15, 0.2) is 0 Å². The number of aromatic nitrogens is 4. The van der Waals surface area contributed by atoms with Crippen molar-refractivity contribution in [2.75, 3.05) is 24.5 Å². The molecule has 2 aromatic heterocycles. The van der Waals surface area contributed by atoms with E-state index in [1.54, 1.807) is 29.4 Å². The van der Waals surface area contributed by atoms with E-state index < -0.39 is 16.1 Å². The monoisotopic (exact) mass is 726 g/mol. The normalized spacial score (nSPS) is 18.2. The summed E-state index contributed by atoms with van der Waals surface area (Å²) >= 11 is 0. The number of carbonyl (C=O) groups is 1. The molecule has 0 spiro atoms. The molecule has 0 saturated carbocycles. The Hall–Kier alpha value is -4.42. The smallest absolute Gasteiger partial charge is 0.264 e. The number of fused-ring (bicyclic) bond motifs is 4. The van der Waals surface area contributed by atoms with Crippen LogP contribution in [0.25, 0.3) is 11.3 Å². The molecule has 1 amide bonds. The van der Waals surface area contributed by atoms with Gasteiger partial charge in [-0.25, -0.2) is 18.1 Å². The summed E-state index contributed by atoms with van der Waals surface area (Å²) < 4.78 is 42.5. The van der Waals surface area contributed by atoms with Gasteiger partial charge in [-0.05, 0) is 80.2 Å². The highest BCUT2D eigenvalue weighted by Crippen LogP contribution is 2.36. The molecular weight excluding hydrogens is 677 g/mol. The van der Waals surface area contributed by atoms with Crippen LogP contribution in [0, 0.1) is 25.2 Å². The van der Waals surface area contributed by atoms with Crippen molar-refractivity contribution in [3.8, 4) is 17.1 Å². The molecule has 1 atom stereocenters. The summed E-state index contributed by atoms with van der Waals surface area (Å²) in [6.45, 7) is 16.3. The number of benzene rings is 2. The lowest BCUT2D eigenvalue weighted by molar-refractivity contribution is 0.0508. The molecule has 6 rings (SSSR count). The van der Waals surface area contributed by atoms with E-state index in [0.717, 1.165) is 41.6 Å². The third kappa shape index (κ3) is 8.61. The van der Waals surface area contributed by atoms with Crippen molar-refractivity contribution < 1.29 is 22.7 Å². The van der Waals surface area contributed by atoms with Gasteiger partial charge in [-0.3, -0.25) is 14.8 Å². The van der Waals surface area contributed by atoms with Crippen LogP contribution < -0.4 is 9.46 Å². The Morgan fingerprint density at radius 2 is 1.75 bits per heavy atom. The number of rotatable bonds is 7. The van der Waals surface area contributed by atoms with Crippen molar-refractivity contribution in [1.82, 2.24) is 24.8 Å². The lowest BCUT2D eigenvalue weighted by Crippen LogP contribution is -2.45. The van der Waals surface area contributed by atoms with Crippen molar-refractivity contribution in [3.05, 3.63) is 88.5 Å². The number of hydrogen-bond acceptors (Lipinski definition) is 9. The zero-order valence-corrected chi connectivity index (χ0v) is 32.1. The van der Waals surface area contributed by atoms with Gasteiger partial charge in [-0.2, -0.15) is 4.98 Å². The van der Waals surface area contributed by atoms with E-state index >= 15 is 0 Å². The van der Waals surface area contributed by atoms with Crippen LogP contribution in [0.1, 0.15) is 98.2 Å². The van der Waals surface area contributed by atoms with E-state index in [4.69, 9.17) is 24.4 Å². The lowest BCUT2D eigenvalue weighted by Gasteiger charge is -2.35. The minimum Gasteiger partial charge on any atom is -0.475 e. The first-order chi connectivity index (χ1) is 24.7.